The van der Waals surface area contributed by atoms with Gasteiger partial charge in [0.25, 0.3) is 5.91 Å². The molecule has 0 fully saturated rings. The number of hydrogen-bond acceptors (Lipinski definition) is 3. The van der Waals surface area contributed by atoms with E-state index < -0.39 is 0 Å². The molecule has 2 heterocycles. The van der Waals surface area contributed by atoms with E-state index in [-0.39, 0.29) is 11.7 Å². The summed E-state index contributed by atoms with van der Waals surface area (Å²) in [5.41, 5.74) is 3.22. The fourth-order valence-corrected chi connectivity index (χ4v) is 2.59. The molecule has 0 unspecified atom stereocenters. The van der Waals surface area contributed by atoms with Crippen molar-refractivity contribution in [2.75, 3.05) is 19.6 Å². The van der Waals surface area contributed by atoms with Gasteiger partial charge in [0, 0.05) is 13.1 Å². The molecular weight excluding hydrogens is 295 g/mol. The summed E-state index contributed by atoms with van der Waals surface area (Å²) in [5.74, 6) is -0.443. The van der Waals surface area contributed by atoms with Crippen LogP contribution in [0.3, 0.4) is 0 Å². The van der Waals surface area contributed by atoms with E-state index in [1.54, 1.807) is 23.0 Å². The minimum absolute atomic E-state index is 0.143. The third-order valence-electron chi connectivity index (χ3n) is 3.96. The second kappa shape index (κ2) is 6.75. The molecule has 0 saturated carbocycles. The Kier molecular flexibility index (Phi) is 4.52. The van der Waals surface area contributed by atoms with Crippen LogP contribution in [0.25, 0.3) is 5.69 Å². The van der Waals surface area contributed by atoms with Crippen molar-refractivity contribution in [1.82, 2.24) is 20.4 Å². The van der Waals surface area contributed by atoms with Gasteiger partial charge in [-0.2, -0.15) is 5.10 Å². The van der Waals surface area contributed by atoms with Gasteiger partial charge in [0.1, 0.15) is 5.82 Å². The second-order valence-corrected chi connectivity index (χ2v) is 5.53. The van der Waals surface area contributed by atoms with E-state index in [4.69, 9.17) is 0 Å². The van der Waals surface area contributed by atoms with Crippen LogP contribution in [-0.2, 0) is 0 Å². The van der Waals surface area contributed by atoms with Crippen molar-refractivity contribution in [2.24, 2.45) is 0 Å². The molecule has 0 spiro atoms. The molecule has 0 radical (unpaired) electrons. The minimum atomic E-state index is -0.299. The van der Waals surface area contributed by atoms with Gasteiger partial charge in [-0.1, -0.05) is 11.6 Å². The number of aromatic nitrogens is 2. The molecule has 0 aliphatic carbocycles. The third kappa shape index (κ3) is 3.48. The predicted octanol–water partition coefficient (Wildman–Crippen LogP) is 1.97. The van der Waals surface area contributed by atoms with Crippen molar-refractivity contribution in [3.63, 3.8) is 0 Å². The molecule has 2 aromatic rings. The predicted molar refractivity (Wildman–Crippen MR) is 86.2 cm³/mol. The zero-order valence-electron chi connectivity index (χ0n) is 13.0. The Morgan fingerprint density at radius 2 is 2.17 bits per heavy atom. The lowest BCUT2D eigenvalue weighted by atomic mass is 10.1. The summed E-state index contributed by atoms with van der Waals surface area (Å²) in [6, 6.07) is 6.02. The van der Waals surface area contributed by atoms with E-state index in [9.17, 15) is 9.18 Å². The number of carbonyl (C=O) groups excluding carboxylic acids is 1. The van der Waals surface area contributed by atoms with Crippen molar-refractivity contribution >= 4 is 5.91 Å². The monoisotopic (exact) mass is 314 g/mol. The van der Waals surface area contributed by atoms with Crippen molar-refractivity contribution < 1.29 is 9.18 Å². The molecule has 23 heavy (non-hydrogen) atoms. The number of rotatable bonds is 4. The van der Waals surface area contributed by atoms with E-state index in [1.807, 2.05) is 6.92 Å². The summed E-state index contributed by atoms with van der Waals surface area (Å²) in [6.07, 6.45) is 4.61. The largest absolute Gasteiger partial charge is 0.348 e. The first-order valence-electron chi connectivity index (χ1n) is 7.62. The van der Waals surface area contributed by atoms with Crippen LogP contribution in [0.2, 0.25) is 0 Å². The fourth-order valence-electron chi connectivity index (χ4n) is 2.59. The number of carbonyl (C=O) groups is 1. The zero-order chi connectivity index (χ0) is 16.2. The Hall–Kier alpha value is -2.47. The number of halogens is 1. The molecule has 1 aromatic carbocycles. The molecule has 1 aromatic heterocycles. The molecule has 120 valence electrons. The molecule has 1 amide bonds. The van der Waals surface area contributed by atoms with E-state index in [0.717, 1.165) is 30.9 Å². The van der Waals surface area contributed by atoms with Gasteiger partial charge >= 0.3 is 0 Å². The maximum Gasteiger partial charge on any atom is 0.255 e. The topological polar surface area (TPSA) is 59.0 Å². The Morgan fingerprint density at radius 1 is 1.39 bits per heavy atom. The van der Waals surface area contributed by atoms with Gasteiger partial charge in [-0.15, -0.1) is 0 Å². The van der Waals surface area contributed by atoms with Gasteiger partial charge in [-0.25, -0.2) is 9.07 Å². The molecule has 3 rings (SSSR count). The van der Waals surface area contributed by atoms with Crippen LogP contribution in [0.4, 0.5) is 4.39 Å². The Labute approximate surface area is 134 Å². The molecule has 5 nitrogen and oxygen atoms in total. The molecule has 0 saturated heterocycles. The average molecular weight is 314 g/mol. The highest BCUT2D eigenvalue weighted by molar-refractivity contribution is 5.95. The minimum Gasteiger partial charge on any atom is -0.348 e. The normalized spacial score (nSPS) is 14.4. The van der Waals surface area contributed by atoms with Crippen LogP contribution in [0, 0.1) is 12.7 Å². The summed E-state index contributed by atoms with van der Waals surface area (Å²) in [4.78, 5) is 12.3. The van der Waals surface area contributed by atoms with Crippen molar-refractivity contribution in [3.8, 4) is 5.69 Å². The van der Waals surface area contributed by atoms with Crippen LogP contribution >= 0.6 is 0 Å². The van der Waals surface area contributed by atoms with Crippen LogP contribution in [0.5, 0.6) is 0 Å². The molecular formula is C17H19FN4O. The lowest BCUT2D eigenvalue weighted by Crippen LogP contribution is -2.29. The van der Waals surface area contributed by atoms with Crippen LogP contribution in [0.1, 0.15) is 22.5 Å². The van der Waals surface area contributed by atoms with Gasteiger partial charge in [0.05, 0.1) is 23.1 Å². The van der Waals surface area contributed by atoms with Gasteiger partial charge in [0.15, 0.2) is 0 Å². The van der Waals surface area contributed by atoms with Crippen molar-refractivity contribution in [2.45, 2.75) is 13.3 Å². The lowest BCUT2D eigenvalue weighted by molar-refractivity contribution is 0.0956. The van der Waals surface area contributed by atoms with Crippen LogP contribution in [-0.4, -0.2) is 35.3 Å². The highest BCUT2D eigenvalue weighted by Gasteiger charge is 2.15. The first kappa shape index (κ1) is 15.4. The van der Waals surface area contributed by atoms with E-state index in [1.165, 1.54) is 17.7 Å². The molecule has 2 N–H and O–H groups in total. The Morgan fingerprint density at radius 3 is 2.87 bits per heavy atom. The molecule has 1 aliphatic rings. The van der Waals surface area contributed by atoms with E-state index >= 15 is 0 Å². The Bertz CT molecular complexity index is 734. The first-order chi connectivity index (χ1) is 11.1. The van der Waals surface area contributed by atoms with Crippen LogP contribution < -0.4 is 10.6 Å². The molecule has 0 bridgehead atoms. The quantitative estimate of drug-likeness (QED) is 0.848. The maximum absolute atomic E-state index is 13.0. The van der Waals surface area contributed by atoms with Gasteiger partial charge in [-0.3, -0.25) is 4.79 Å². The lowest BCUT2D eigenvalue weighted by Gasteiger charge is -2.14. The number of hydrogen-bond donors (Lipinski definition) is 2. The second-order valence-electron chi connectivity index (χ2n) is 5.53. The number of amides is 1. The maximum atomic E-state index is 13.0. The summed E-state index contributed by atoms with van der Waals surface area (Å²) in [7, 11) is 0. The Balaban J connectivity index is 1.72. The summed E-state index contributed by atoms with van der Waals surface area (Å²) < 4.78 is 14.6. The van der Waals surface area contributed by atoms with Crippen LogP contribution in [0.15, 0.2) is 42.1 Å². The van der Waals surface area contributed by atoms with Gasteiger partial charge in [-0.05, 0) is 44.2 Å². The SMILES string of the molecule is Cc1c(C(=O)NCC2=CCNCC2)cnn1-c1ccc(F)cc1. The van der Waals surface area contributed by atoms with Gasteiger partial charge in [0.2, 0.25) is 0 Å². The molecule has 1 aliphatic heterocycles. The first-order valence-corrected chi connectivity index (χ1v) is 7.62. The number of nitrogens with one attached hydrogen (secondary N) is 2. The zero-order valence-corrected chi connectivity index (χ0v) is 13.0. The van der Waals surface area contributed by atoms with E-state index in [2.05, 4.69) is 21.8 Å². The van der Waals surface area contributed by atoms with Gasteiger partial charge < -0.3 is 10.6 Å². The third-order valence-corrected chi connectivity index (χ3v) is 3.96. The molecule has 6 heteroatoms. The molecule has 0 atom stereocenters. The fraction of sp³-hybridized carbons (Fsp3) is 0.294. The highest BCUT2D eigenvalue weighted by Crippen LogP contribution is 2.15. The summed E-state index contributed by atoms with van der Waals surface area (Å²) >= 11 is 0. The number of nitrogens with zero attached hydrogens (tertiary/aromatic N) is 2. The smallest absolute Gasteiger partial charge is 0.255 e. The standard InChI is InChI=1S/C17H19FN4O/c1-12-16(17(23)20-10-13-6-8-19-9-7-13)11-21-22(12)15-4-2-14(18)3-5-15/h2-6,11,19H,7-10H2,1H3,(H,20,23). The van der Waals surface area contributed by atoms with E-state index in [0.29, 0.717) is 12.1 Å². The van der Waals surface area contributed by atoms with Crippen molar-refractivity contribution in [3.05, 3.63) is 59.2 Å². The number of benzene rings is 1. The summed E-state index contributed by atoms with van der Waals surface area (Å²) in [5, 5.41) is 10.4. The highest BCUT2D eigenvalue weighted by atomic mass is 19.1. The average Bonchev–Trinajstić information content (AvgIpc) is 2.96. The van der Waals surface area contributed by atoms with Crippen molar-refractivity contribution in [1.29, 1.82) is 0 Å². The summed E-state index contributed by atoms with van der Waals surface area (Å²) in [6.45, 7) is 4.19.